The number of carboxylic acid groups (broad SMARTS) is 1. The van der Waals surface area contributed by atoms with E-state index in [1.807, 2.05) is 13.8 Å². The van der Waals surface area contributed by atoms with Crippen molar-refractivity contribution in [1.29, 1.82) is 0 Å². The number of carbonyl (C=O) groups is 1. The zero-order valence-electron chi connectivity index (χ0n) is 11.7. The van der Waals surface area contributed by atoms with Crippen molar-refractivity contribution >= 4 is 5.97 Å². The third-order valence-corrected chi connectivity index (χ3v) is 3.09. The van der Waals surface area contributed by atoms with Gasteiger partial charge in [0.2, 0.25) is 0 Å². The van der Waals surface area contributed by atoms with Gasteiger partial charge in [0.15, 0.2) is 0 Å². The molecule has 0 amide bonds. The first-order valence-corrected chi connectivity index (χ1v) is 6.71. The van der Waals surface area contributed by atoms with E-state index >= 15 is 0 Å². The highest BCUT2D eigenvalue weighted by atomic mass is 16.4. The highest BCUT2D eigenvalue weighted by Crippen LogP contribution is 2.02. The molecule has 0 rings (SSSR count). The van der Waals surface area contributed by atoms with Crippen LogP contribution in [-0.4, -0.2) is 48.2 Å². The van der Waals surface area contributed by atoms with Crippen LogP contribution >= 0.6 is 0 Å². The molecule has 0 unspecified atom stereocenters. The highest BCUT2D eigenvalue weighted by Gasteiger charge is 2.19. The molecule has 0 aromatic carbocycles. The third-order valence-electron chi connectivity index (χ3n) is 3.09. The van der Waals surface area contributed by atoms with Gasteiger partial charge in [-0.2, -0.15) is 0 Å². The molecule has 0 spiro atoms. The number of nitrogens with zero attached hydrogens (tertiary/aromatic N) is 1. The van der Waals surface area contributed by atoms with Gasteiger partial charge in [-0.3, -0.25) is 4.79 Å². The molecule has 0 heterocycles. The molecule has 2 N–H and O–H groups in total. The van der Waals surface area contributed by atoms with Gasteiger partial charge in [-0.1, -0.05) is 27.7 Å². The minimum Gasteiger partial charge on any atom is -0.480 e. The Morgan fingerprint density at radius 2 is 1.82 bits per heavy atom. The van der Waals surface area contributed by atoms with E-state index in [0.717, 1.165) is 39.0 Å². The van der Waals surface area contributed by atoms with Crippen molar-refractivity contribution in [3.63, 3.8) is 0 Å². The molecular weight excluding hydrogens is 216 g/mol. The second-order valence-corrected chi connectivity index (χ2v) is 4.75. The van der Waals surface area contributed by atoms with Gasteiger partial charge in [0.05, 0.1) is 0 Å². The Morgan fingerprint density at radius 1 is 1.24 bits per heavy atom. The summed E-state index contributed by atoms with van der Waals surface area (Å²) in [5, 5.41) is 12.1. The molecule has 0 saturated carbocycles. The molecule has 0 aliphatic carbocycles. The van der Waals surface area contributed by atoms with Crippen molar-refractivity contribution in [2.45, 2.75) is 46.6 Å². The quantitative estimate of drug-likeness (QED) is 0.575. The number of nitrogens with one attached hydrogen (secondary N) is 1. The van der Waals surface area contributed by atoms with E-state index in [2.05, 4.69) is 24.1 Å². The fourth-order valence-corrected chi connectivity index (χ4v) is 1.87. The Morgan fingerprint density at radius 3 is 2.24 bits per heavy atom. The second-order valence-electron chi connectivity index (χ2n) is 4.75. The number of rotatable bonds is 10. The average Bonchev–Trinajstić information content (AvgIpc) is 2.27. The molecule has 0 aromatic heterocycles. The first-order valence-electron chi connectivity index (χ1n) is 6.71. The molecular formula is C13H28N2O2. The van der Waals surface area contributed by atoms with E-state index in [1.54, 1.807) is 0 Å². The van der Waals surface area contributed by atoms with Crippen LogP contribution in [0.2, 0.25) is 0 Å². The van der Waals surface area contributed by atoms with Crippen LogP contribution in [0.15, 0.2) is 0 Å². The standard InChI is InChI=1S/C13H28N2O2/c1-5-15(6-2)10-8-7-9-14-12(11(3)4)13(16)17/h11-12,14H,5-10H2,1-4H3,(H,16,17)/t12-/m0/s1. The zero-order valence-corrected chi connectivity index (χ0v) is 11.7. The van der Waals surface area contributed by atoms with Crippen molar-refractivity contribution in [3.05, 3.63) is 0 Å². The number of unbranched alkanes of at least 4 members (excludes halogenated alkanes) is 1. The largest absolute Gasteiger partial charge is 0.480 e. The molecule has 1 atom stereocenters. The van der Waals surface area contributed by atoms with Gasteiger partial charge in [0, 0.05) is 0 Å². The van der Waals surface area contributed by atoms with Crippen molar-refractivity contribution in [2.75, 3.05) is 26.2 Å². The molecule has 4 heteroatoms. The zero-order chi connectivity index (χ0) is 13.3. The van der Waals surface area contributed by atoms with Gasteiger partial charge < -0.3 is 15.3 Å². The van der Waals surface area contributed by atoms with Gasteiger partial charge >= 0.3 is 5.97 Å². The topological polar surface area (TPSA) is 52.6 Å². The Bertz CT molecular complexity index is 204. The predicted octanol–water partition coefficient (Wildman–Crippen LogP) is 1.81. The highest BCUT2D eigenvalue weighted by molar-refractivity contribution is 5.73. The summed E-state index contributed by atoms with van der Waals surface area (Å²) in [6.07, 6.45) is 2.16. The molecule has 0 fully saturated rings. The fourth-order valence-electron chi connectivity index (χ4n) is 1.87. The SMILES string of the molecule is CCN(CC)CCCCN[C@H](C(=O)O)C(C)C. The average molecular weight is 244 g/mol. The Hall–Kier alpha value is -0.610. The monoisotopic (exact) mass is 244 g/mol. The normalized spacial score (nSPS) is 13.3. The molecule has 0 aliphatic rings. The Labute approximate surface area is 105 Å². The summed E-state index contributed by atoms with van der Waals surface area (Å²) >= 11 is 0. The minimum atomic E-state index is -0.747. The minimum absolute atomic E-state index is 0.135. The van der Waals surface area contributed by atoms with Crippen LogP contribution in [0.5, 0.6) is 0 Å². The van der Waals surface area contributed by atoms with Gasteiger partial charge in [0.1, 0.15) is 6.04 Å². The van der Waals surface area contributed by atoms with Gasteiger partial charge in [-0.15, -0.1) is 0 Å². The molecule has 102 valence electrons. The first-order chi connectivity index (χ1) is 8.02. The first kappa shape index (κ1) is 16.4. The van der Waals surface area contributed by atoms with Crippen molar-refractivity contribution in [1.82, 2.24) is 10.2 Å². The number of carboxylic acids is 1. The Balaban J connectivity index is 3.65. The molecule has 0 bridgehead atoms. The van der Waals surface area contributed by atoms with Gasteiger partial charge in [0.25, 0.3) is 0 Å². The number of hydrogen-bond acceptors (Lipinski definition) is 3. The van der Waals surface area contributed by atoms with E-state index in [-0.39, 0.29) is 5.92 Å². The van der Waals surface area contributed by atoms with Crippen LogP contribution in [0, 0.1) is 5.92 Å². The maximum absolute atomic E-state index is 10.9. The molecule has 4 nitrogen and oxygen atoms in total. The number of aliphatic carboxylic acids is 1. The van der Waals surface area contributed by atoms with Crippen molar-refractivity contribution in [2.24, 2.45) is 5.92 Å². The van der Waals surface area contributed by atoms with Crippen LogP contribution in [0.4, 0.5) is 0 Å². The Kier molecular flexibility index (Phi) is 9.09. The van der Waals surface area contributed by atoms with E-state index in [0.29, 0.717) is 0 Å². The van der Waals surface area contributed by atoms with Gasteiger partial charge in [-0.05, 0) is 44.9 Å². The smallest absolute Gasteiger partial charge is 0.320 e. The summed E-state index contributed by atoms with van der Waals surface area (Å²) in [5.74, 6) is -0.612. The lowest BCUT2D eigenvalue weighted by molar-refractivity contribution is -0.140. The van der Waals surface area contributed by atoms with Crippen LogP contribution < -0.4 is 5.32 Å². The number of hydrogen-bond donors (Lipinski definition) is 2. The molecule has 17 heavy (non-hydrogen) atoms. The van der Waals surface area contributed by atoms with E-state index in [1.165, 1.54) is 0 Å². The van der Waals surface area contributed by atoms with E-state index < -0.39 is 12.0 Å². The van der Waals surface area contributed by atoms with E-state index in [4.69, 9.17) is 5.11 Å². The summed E-state index contributed by atoms with van der Waals surface area (Å²) in [6, 6.07) is -0.413. The summed E-state index contributed by atoms with van der Waals surface area (Å²) < 4.78 is 0. The lowest BCUT2D eigenvalue weighted by Gasteiger charge is -2.19. The fraction of sp³-hybridized carbons (Fsp3) is 0.923. The third kappa shape index (κ3) is 7.34. The van der Waals surface area contributed by atoms with Crippen molar-refractivity contribution < 1.29 is 9.90 Å². The molecule has 0 aliphatic heterocycles. The van der Waals surface area contributed by atoms with Gasteiger partial charge in [-0.25, -0.2) is 0 Å². The predicted molar refractivity (Wildman–Crippen MR) is 71.3 cm³/mol. The maximum atomic E-state index is 10.9. The molecule has 0 aromatic rings. The van der Waals surface area contributed by atoms with Crippen LogP contribution in [0.25, 0.3) is 0 Å². The summed E-state index contributed by atoms with van der Waals surface area (Å²) in [5.41, 5.74) is 0. The maximum Gasteiger partial charge on any atom is 0.320 e. The van der Waals surface area contributed by atoms with Crippen LogP contribution in [-0.2, 0) is 4.79 Å². The molecule has 0 radical (unpaired) electrons. The summed E-state index contributed by atoms with van der Waals surface area (Å²) in [7, 11) is 0. The lowest BCUT2D eigenvalue weighted by Crippen LogP contribution is -2.41. The second kappa shape index (κ2) is 9.42. The lowest BCUT2D eigenvalue weighted by atomic mass is 10.0. The van der Waals surface area contributed by atoms with E-state index in [9.17, 15) is 4.79 Å². The van der Waals surface area contributed by atoms with Crippen LogP contribution in [0.3, 0.4) is 0 Å². The van der Waals surface area contributed by atoms with Crippen molar-refractivity contribution in [3.8, 4) is 0 Å². The summed E-state index contributed by atoms with van der Waals surface area (Å²) in [6.45, 7) is 12.3. The summed E-state index contributed by atoms with van der Waals surface area (Å²) in [4.78, 5) is 13.3. The van der Waals surface area contributed by atoms with Crippen LogP contribution in [0.1, 0.15) is 40.5 Å². The molecule has 0 saturated heterocycles.